The van der Waals surface area contributed by atoms with E-state index in [-0.39, 0.29) is 6.61 Å². The van der Waals surface area contributed by atoms with Crippen LogP contribution in [0.3, 0.4) is 0 Å². The van der Waals surface area contributed by atoms with Gasteiger partial charge >= 0.3 is 0 Å². The maximum absolute atomic E-state index is 9.31. The van der Waals surface area contributed by atoms with Gasteiger partial charge in [-0.1, -0.05) is 6.07 Å². The van der Waals surface area contributed by atoms with Crippen molar-refractivity contribution in [3.63, 3.8) is 0 Å². The van der Waals surface area contributed by atoms with Gasteiger partial charge in [0.05, 0.1) is 6.61 Å². The molecule has 0 spiro atoms. The Morgan fingerprint density at radius 2 is 2.33 bits per heavy atom. The molecule has 2 aliphatic rings. The van der Waals surface area contributed by atoms with E-state index in [1.54, 1.807) is 0 Å². The molecule has 0 amide bonds. The molecule has 1 aliphatic heterocycles. The van der Waals surface area contributed by atoms with Gasteiger partial charge in [-0.25, -0.2) is 0 Å². The van der Waals surface area contributed by atoms with Crippen LogP contribution in [0, 0.1) is 0 Å². The molecule has 2 heterocycles. The Morgan fingerprint density at radius 1 is 1.39 bits per heavy atom. The number of aliphatic hydroxyl groups excluding tert-OH is 1. The van der Waals surface area contributed by atoms with Crippen molar-refractivity contribution < 1.29 is 5.11 Å². The van der Waals surface area contributed by atoms with E-state index in [4.69, 9.17) is 0 Å². The number of hydrogen-bond donors (Lipinski definition) is 2. The normalized spacial score (nSPS) is 22.2. The standard InChI is InChI=1S/C15H18N2O/c18-9-10-4-5-14-12(8-10)11-2-1-3-13-15(11)17(14)7-6-16-13/h4-5,8,13,16,18H,1-3,6-7,9H2/t13-/m0/s1. The molecule has 0 radical (unpaired) electrons. The van der Waals surface area contributed by atoms with E-state index in [0.717, 1.165) is 18.7 Å². The van der Waals surface area contributed by atoms with Crippen LogP contribution in [0.5, 0.6) is 0 Å². The van der Waals surface area contributed by atoms with Crippen LogP contribution in [0.4, 0.5) is 0 Å². The van der Waals surface area contributed by atoms with E-state index in [9.17, 15) is 5.11 Å². The number of benzene rings is 1. The molecule has 0 unspecified atom stereocenters. The molecule has 94 valence electrons. The van der Waals surface area contributed by atoms with Crippen LogP contribution in [0.2, 0.25) is 0 Å². The van der Waals surface area contributed by atoms with Crippen LogP contribution < -0.4 is 5.32 Å². The van der Waals surface area contributed by atoms with Crippen molar-refractivity contribution in [2.45, 2.75) is 38.5 Å². The lowest BCUT2D eigenvalue weighted by Gasteiger charge is -2.31. The molecule has 0 fully saturated rings. The first-order chi connectivity index (χ1) is 8.88. The molecule has 3 heteroatoms. The van der Waals surface area contributed by atoms with Gasteiger partial charge in [0.1, 0.15) is 0 Å². The van der Waals surface area contributed by atoms with Crippen LogP contribution in [0.25, 0.3) is 10.9 Å². The third kappa shape index (κ3) is 1.32. The number of nitrogens with zero attached hydrogens (tertiary/aromatic N) is 1. The van der Waals surface area contributed by atoms with Gasteiger partial charge in [-0.05, 0) is 42.5 Å². The fourth-order valence-corrected chi connectivity index (χ4v) is 3.66. The minimum atomic E-state index is 0.136. The van der Waals surface area contributed by atoms with Crippen LogP contribution >= 0.6 is 0 Å². The molecule has 2 aromatic rings. The first-order valence-electron chi connectivity index (χ1n) is 6.86. The number of aromatic nitrogens is 1. The SMILES string of the molecule is OCc1ccc2c(c1)c1c3n2CCN[C@H]3CCC1. The molecule has 3 nitrogen and oxygen atoms in total. The van der Waals surface area contributed by atoms with Gasteiger partial charge in [0.2, 0.25) is 0 Å². The van der Waals surface area contributed by atoms with E-state index < -0.39 is 0 Å². The van der Waals surface area contributed by atoms with Gasteiger partial charge < -0.3 is 15.0 Å². The lowest BCUT2D eigenvalue weighted by molar-refractivity contribution is 0.282. The first kappa shape index (κ1) is 10.6. The molecule has 0 saturated heterocycles. The highest BCUT2D eigenvalue weighted by molar-refractivity contribution is 5.87. The molecule has 1 aliphatic carbocycles. The topological polar surface area (TPSA) is 37.2 Å². The van der Waals surface area contributed by atoms with Gasteiger partial charge in [-0.2, -0.15) is 0 Å². The summed E-state index contributed by atoms with van der Waals surface area (Å²) in [5.41, 5.74) is 5.41. The average molecular weight is 242 g/mol. The Labute approximate surface area is 106 Å². The average Bonchev–Trinajstić information content (AvgIpc) is 2.76. The minimum absolute atomic E-state index is 0.136. The molecule has 2 N–H and O–H groups in total. The number of hydrogen-bond acceptors (Lipinski definition) is 2. The Balaban J connectivity index is 2.05. The molecule has 0 bridgehead atoms. The molecule has 1 aromatic carbocycles. The second kappa shape index (κ2) is 3.84. The number of aliphatic hydroxyl groups is 1. The quantitative estimate of drug-likeness (QED) is 0.803. The van der Waals surface area contributed by atoms with E-state index in [1.807, 2.05) is 6.07 Å². The predicted molar refractivity (Wildman–Crippen MR) is 71.5 cm³/mol. The van der Waals surface area contributed by atoms with Gasteiger partial charge in [0.25, 0.3) is 0 Å². The summed E-state index contributed by atoms with van der Waals surface area (Å²) in [6, 6.07) is 6.96. The summed E-state index contributed by atoms with van der Waals surface area (Å²) in [5, 5.41) is 14.3. The first-order valence-corrected chi connectivity index (χ1v) is 6.86. The van der Waals surface area contributed by atoms with Crippen molar-refractivity contribution in [1.82, 2.24) is 9.88 Å². The zero-order valence-electron chi connectivity index (χ0n) is 10.4. The number of aryl methyl sites for hydroxylation is 1. The van der Waals surface area contributed by atoms with Crippen molar-refractivity contribution in [2.24, 2.45) is 0 Å². The summed E-state index contributed by atoms with van der Waals surface area (Å²) >= 11 is 0. The van der Waals surface area contributed by atoms with Crippen molar-refractivity contribution in [3.8, 4) is 0 Å². The monoisotopic (exact) mass is 242 g/mol. The molecule has 1 aromatic heterocycles. The third-order valence-corrected chi connectivity index (χ3v) is 4.44. The maximum Gasteiger partial charge on any atom is 0.0682 e. The lowest BCUT2D eigenvalue weighted by atomic mass is 9.90. The summed E-state index contributed by atoms with van der Waals surface area (Å²) < 4.78 is 2.49. The summed E-state index contributed by atoms with van der Waals surface area (Å²) in [6.07, 6.45) is 3.72. The molecule has 1 atom stereocenters. The molecular weight excluding hydrogens is 224 g/mol. The predicted octanol–water partition coefficient (Wildman–Crippen LogP) is 2.11. The van der Waals surface area contributed by atoms with Crippen molar-refractivity contribution in [3.05, 3.63) is 35.0 Å². The third-order valence-electron chi connectivity index (χ3n) is 4.44. The van der Waals surface area contributed by atoms with E-state index in [0.29, 0.717) is 6.04 Å². The zero-order chi connectivity index (χ0) is 12.1. The largest absolute Gasteiger partial charge is 0.392 e. The molecule has 0 saturated carbocycles. The Bertz CT molecular complexity index is 612. The number of fused-ring (bicyclic) bond motifs is 3. The van der Waals surface area contributed by atoms with Gasteiger partial charge in [0.15, 0.2) is 0 Å². The smallest absolute Gasteiger partial charge is 0.0682 e. The fraction of sp³-hybridized carbons (Fsp3) is 0.467. The fourth-order valence-electron chi connectivity index (χ4n) is 3.66. The van der Waals surface area contributed by atoms with Crippen LogP contribution in [0.1, 0.15) is 35.7 Å². The highest BCUT2D eigenvalue weighted by Crippen LogP contribution is 2.39. The minimum Gasteiger partial charge on any atom is -0.392 e. The summed E-state index contributed by atoms with van der Waals surface area (Å²) in [6.45, 7) is 2.28. The van der Waals surface area contributed by atoms with Crippen molar-refractivity contribution in [1.29, 1.82) is 0 Å². The van der Waals surface area contributed by atoms with Gasteiger partial charge in [-0.15, -0.1) is 0 Å². The lowest BCUT2D eigenvalue weighted by Crippen LogP contribution is -2.35. The summed E-state index contributed by atoms with van der Waals surface area (Å²) in [7, 11) is 0. The van der Waals surface area contributed by atoms with Gasteiger partial charge in [0, 0.05) is 35.7 Å². The summed E-state index contributed by atoms with van der Waals surface area (Å²) in [5.74, 6) is 0. The second-order valence-corrected chi connectivity index (χ2v) is 5.42. The Hall–Kier alpha value is -1.32. The van der Waals surface area contributed by atoms with E-state index in [1.165, 1.54) is 41.4 Å². The van der Waals surface area contributed by atoms with E-state index in [2.05, 4.69) is 22.0 Å². The van der Waals surface area contributed by atoms with Crippen LogP contribution in [-0.2, 0) is 19.6 Å². The summed E-state index contributed by atoms with van der Waals surface area (Å²) in [4.78, 5) is 0. The Morgan fingerprint density at radius 3 is 3.22 bits per heavy atom. The Kier molecular flexibility index (Phi) is 2.26. The molecule has 4 rings (SSSR count). The second-order valence-electron chi connectivity index (χ2n) is 5.42. The van der Waals surface area contributed by atoms with Crippen LogP contribution in [0.15, 0.2) is 18.2 Å². The molecular formula is C15H18N2O. The maximum atomic E-state index is 9.31. The van der Waals surface area contributed by atoms with Crippen LogP contribution in [-0.4, -0.2) is 16.2 Å². The number of rotatable bonds is 1. The molecule has 18 heavy (non-hydrogen) atoms. The zero-order valence-corrected chi connectivity index (χ0v) is 10.4. The van der Waals surface area contributed by atoms with Crippen molar-refractivity contribution in [2.75, 3.05) is 6.54 Å². The van der Waals surface area contributed by atoms with E-state index >= 15 is 0 Å². The number of nitrogens with one attached hydrogen (secondary N) is 1. The highest BCUT2D eigenvalue weighted by atomic mass is 16.3. The highest BCUT2D eigenvalue weighted by Gasteiger charge is 2.29. The van der Waals surface area contributed by atoms with Crippen molar-refractivity contribution >= 4 is 10.9 Å². The van der Waals surface area contributed by atoms with Gasteiger partial charge in [-0.3, -0.25) is 0 Å².